The van der Waals surface area contributed by atoms with Crippen LogP contribution in [0.2, 0.25) is 5.02 Å². The molecule has 2 rings (SSSR count). The van der Waals surface area contributed by atoms with E-state index in [2.05, 4.69) is 5.32 Å². The van der Waals surface area contributed by atoms with Crippen LogP contribution in [0.25, 0.3) is 0 Å². The molecule has 8 heteroatoms. The van der Waals surface area contributed by atoms with E-state index in [0.29, 0.717) is 6.54 Å². The first-order valence-electron chi connectivity index (χ1n) is 6.48. The first-order chi connectivity index (χ1) is 9.54. The zero-order valence-corrected chi connectivity index (χ0v) is 12.8. The van der Waals surface area contributed by atoms with Gasteiger partial charge in [0, 0.05) is 12.1 Å². The van der Waals surface area contributed by atoms with Crippen LogP contribution in [0, 0.1) is 16.0 Å². The molecular weight excluding hydrogens is 317 g/mol. The fraction of sp³-hybridized carbons (Fsp3) is 0.462. The molecule has 0 aliphatic heterocycles. The summed E-state index contributed by atoms with van der Waals surface area (Å²) >= 11 is 5.93. The van der Waals surface area contributed by atoms with Crippen LogP contribution in [0.1, 0.15) is 29.6 Å². The fourth-order valence-electron chi connectivity index (χ4n) is 2.64. The molecular formula is C13H17Cl2N3O3. The van der Waals surface area contributed by atoms with E-state index in [-0.39, 0.29) is 40.6 Å². The van der Waals surface area contributed by atoms with Crippen molar-refractivity contribution >= 4 is 35.6 Å². The van der Waals surface area contributed by atoms with Crippen molar-refractivity contribution in [1.29, 1.82) is 0 Å². The maximum atomic E-state index is 12.3. The Morgan fingerprint density at radius 1 is 1.48 bits per heavy atom. The Kier molecular flexibility index (Phi) is 6.39. The number of carbonyl (C=O) groups excluding carboxylic acids is 1. The lowest BCUT2D eigenvalue weighted by Crippen LogP contribution is -2.40. The van der Waals surface area contributed by atoms with Crippen molar-refractivity contribution in [3.63, 3.8) is 0 Å². The van der Waals surface area contributed by atoms with Crippen molar-refractivity contribution in [3.8, 4) is 0 Å². The number of nitrogens with two attached hydrogens (primary N) is 1. The SMILES string of the molecule is Cl.NCC1CCCC1NC(=O)c1c(Cl)cccc1[N+](=O)[O-]. The zero-order valence-electron chi connectivity index (χ0n) is 11.3. The lowest BCUT2D eigenvalue weighted by atomic mass is 10.0. The average Bonchev–Trinajstić information content (AvgIpc) is 2.85. The Balaban J connectivity index is 0.00000220. The molecule has 0 bridgehead atoms. The second-order valence-corrected chi connectivity index (χ2v) is 5.30. The van der Waals surface area contributed by atoms with E-state index in [1.165, 1.54) is 18.2 Å². The monoisotopic (exact) mass is 333 g/mol. The largest absolute Gasteiger partial charge is 0.349 e. The van der Waals surface area contributed by atoms with Gasteiger partial charge in [-0.25, -0.2) is 0 Å². The standard InChI is InChI=1S/C13H16ClN3O3.ClH/c14-9-4-2-6-11(17(19)20)12(9)13(18)16-10-5-1-3-8(10)7-15;/h2,4,6,8,10H,1,3,5,7,15H2,(H,16,18);1H. The molecule has 0 aromatic heterocycles. The topological polar surface area (TPSA) is 98.3 Å². The highest BCUT2D eigenvalue weighted by atomic mass is 35.5. The third-order valence-electron chi connectivity index (χ3n) is 3.69. The summed E-state index contributed by atoms with van der Waals surface area (Å²) in [6, 6.07) is 4.16. The maximum absolute atomic E-state index is 12.3. The number of nitro groups is 1. The van der Waals surface area contributed by atoms with Gasteiger partial charge in [-0.05, 0) is 31.4 Å². The van der Waals surface area contributed by atoms with Crippen LogP contribution in [-0.4, -0.2) is 23.4 Å². The zero-order chi connectivity index (χ0) is 14.7. The van der Waals surface area contributed by atoms with Gasteiger partial charge in [0.2, 0.25) is 0 Å². The second kappa shape index (κ2) is 7.59. The molecule has 116 valence electrons. The normalized spacial score (nSPS) is 20.7. The molecule has 1 aliphatic carbocycles. The van der Waals surface area contributed by atoms with Crippen LogP contribution in [0.15, 0.2) is 18.2 Å². The first kappa shape index (κ1) is 17.7. The number of carbonyl (C=O) groups is 1. The predicted molar refractivity (Wildman–Crippen MR) is 83.0 cm³/mol. The molecule has 2 unspecified atom stereocenters. The van der Waals surface area contributed by atoms with Gasteiger partial charge < -0.3 is 11.1 Å². The summed E-state index contributed by atoms with van der Waals surface area (Å²) in [5.74, 6) is -0.284. The van der Waals surface area contributed by atoms with E-state index in [0.717, 1.165) is 19.3 Å². The number of nitrogens with one attached hydrogen (secondary N) is 1. The average molecular weight is 334 g/mol. The summed E-state index contributed by atoms with van der Waals surface area (Å²) in [6.07, 6.45) is 2.80. The van der Waals surface area contributed by atoms with Gasteiger partial charge in [0.1, 0.15) is 5.56 Å². The quantitative estimate of drug-likeness (QED) is 0.653. The predicted octanol–water partition coefficient (Wildman–Crippen LogP) is 2.53. The van der Waals surface area contributed by atoms with E-state index in [1.54, 1.807) is 0 Å². The van der Waals surface area contributed by atoms with Crippen LogP contribution in [-0.2, 0) is 0 Å². The van der Waals surface area contributed by atoms with E-state index in [1.807, 2.05) is 0 Å². The highest BCUT2D eigenvalue weighted by molar-refractivity contribution is 6.34. The van der Waals surface area contributed by atoms with Gasteiger partial charge in [0.15, 0.2) is 0 Å². The van der Waals surface area contributed by atoms with Crippen LogP contribution >= 0.6 is 24.0 Å². The van der Waals surface area contributed by atoms with E-state index in [4.69, 9.17) is 17.3 Å². The summed E-state index contributed by atoms with van der Waals surface area (Å²) in [6.45, 7) is 0.496. The van der Waals surface area contributed by atoms with Crippen molar-refractivity contribution < 1.29 is 9.72 Å². The molecule has 1 aromatic rings. The second-order valence-electron chi connectivity index (χ2n) is 4.90. The minimum absolute atomic E-state index is 0. The lowest BCUT2D eigenvalue weighted by Gasteiger charge is -2.19. The Labute approximate surface area is 133 Å². The van der Waals surface area contributed by atoms with Crippen LogP contribution < -0.4 is 11.1 Å². The van der Waals surface area contributed by atoms with Crippen molar-refractivity contribution in [2.24, 2.45) is 11.7 Å². The molecule has 21 heavy (non-hydrogen) atoms. The van der Waals surface area contributed by atoms with Crippen molar-refractivity contribution in [1.82, 2.24) is 5.32 Å². The molecule has 2 atom stereocenters. The molecule has 1 aromatic carbocycles. The van der Waals surface area contributed by atoms with Gasteiger partial charge in [0.25, 0.3) is 11.6 Å². The molecule has 6 nitrogen and oxygen atoms in total. The number of nitrogens with zero attached hydrogens (tertiary/aromatic N) is 1. The van der Waals surface area contributed by atoms with Gasteiger partial charge in [-0.3, -0.25) is 14.9 Å². The first-order valence-corrected chi connectivity index (χ1v) is 6.86. The smallest absolute Gasteiger partial charge is 0.283 e. The van der Waals surface area contributed by atoms with Gasteiger partial charge in [-0.15, -0.1) is 12.4 Å². The highest BCUT2D eigenvalue weighted by Gasteiger charge is 2.30. The Hall–Kier alpha value is -1.37. The van der Waals surface area contributed by atoms with Crippen molar-refractivity contribution in [2.45, 2.75) is 25.3 Å². The van der Waals surface area contributed by atoms with Crippen molar-refractivity contribution in [2.75, 3.05) is 6.54 Å². The molecule has 0 spiro atoms. The Bertz CT molecular complexity index is 539. The summed E-state index contributed by atoms with van der Waals surface area (Å²) < 4.78 is 0. The molecule has 1 fully saturated rings. The third-order valence-corrected chi connectivity index (χ3v) is 4.01. The summed E-state index contributed by atoms with van der Waals surface area (Å²) in [4.78, 5) is 22.6. The summed E-state index contributed by atoms with van der Waals surface area (Å²) in [5.41, 5.74) is 5.30. The van der Waals surface area contributed by atoms with E-state index >= 15 is 0 Å². The number of amides is 1. The van der Waals surface area contributed by atoms with E-state index < -0.39 is 10.8 Å². The minimum atomic E-state index is -0.601. The van der Waals surface area contributed by atoms with Crippen molar-refractivity contribution in [3.05, 3.63) is 38.9 Å². The Morgan fingerprint density at radius 3 is 2.81 bits per heavy atom. The summed E-state index contributed by atoms with van der Waals surface area (Å²) in [5, 5.41) is 13.9. The molecule has 3 N–H and O–H groups in total. The van der Waals surface area contributed by atoms with Crippen LogP contribution in [0.5, 0.6) is 0 Å². The van der Waals surface area contributed by atoms with Gasteiger partial charge in [-0.2, -0.15) is 0 Å². The minimum Gasteiger partial charge on any atom is -0.349 e. The number of nitro benzene ring substituents is 1. The number of hydrogen-bond donors (Lipinski definition) is 2. The third kappa shape index (κ3) is 3.84. The number of halogens is 2. The molecule has 0 heterocycles. The highest BCUT2D eigenvalue weighted by Crippen LogP contribution is 2.28. The lowest BCUT2D eigenvalue weighted by molar-refractivity contribution is -0.385. The molecule has 0 radical (unpaired) electrons. The fourth-order valence-corrected chi connectivity index (χ4v) is 2.89. The van der Waals surface area contributed by atoms with Gasteiger partial charge in [0.05, 0.1) is 9.95 Å². The van der Waals surface area contributed by atoms with Gasteiger partial charge >= 0.3 is 0 Å². The molecule has 0 saturated heterocycles. The summed E-state index contributed by atoms with van der Waals surface area (Å²) in [7, 11) is 0. The molecule has 1 aliphatic rings. The molecule has 1 amide bonds. The van der Waals surface area contributed by atoms with E-state index in [9.17, 15) is 14.9 Å². The number of rotatable bonds is 4. The van der Waals surface area contributed by atoms with Crippen LogP contribution in [0.3, 0.4) is 0 Å². The van der Waals surface area contributed by atoms with Crippen LogP contribution in [0.4, 0.5) is 5.69 Å². The maximum Gasteiger partial charge on any atom is 0.283 e. The molecule has 1 saturated carbocycles. The number of benzene rings is 1. The van der Waals surface area contributed by atoms with Gasteiger partial charge in [-0.1, -0.05) is 24.1 Å². The Morgan fingerprint density at radius 2 is 2.19 bits per heavy atom. The number of hydrogen-bond acceptors (Lipinski definition) is 4.